The Bertz CT molecular complexity index is 1170. The molecule has 6 nitrogen and oxygen atoms in total. The van der Waals surface area contributed by atoms with Crippen LogP contribution in [0.5, 0.6) is 0 Å². The first kappa shape index (κ1) is 18.6. The van der Waals surface area contributed by atoms with Gasteiger partial charge in [0, 0.05) is 34.7 Å². The van der Waals surface area contributed by atoms with E-state index >= 15 is 0 Å². The van der Waals surface area contributed by atoms with E-state index in [1.165, 1.54) is 0 Å². The fourth-order valence-corrected chi connectivity index (χ4v) is 3.47. The molecule has 4 rings (SSSR count). The molecule has 2 N–H and O–H groups in total. The van der Waals surface area contributed by atoms with Crippen molar-refractivity contribution in [2.75, 3.05) is 27.2 Å². The van der Waals surface area contributed by atoms with Crippen molar-refractivity contribution in [2.45, 2.75) is 0 Å². The number of nitrogens with one attached hydrogen (secondary N) is 2. The molecule has 2 aromatic heterocycles. The highest BCUT2D eigenvalue weighted by atomic mass is 79.9. The molecule has 0 aliphatic carbocycles. The van der Waals surface area contributed by atoms with Crippen LogP contribution in [0.25, 0.3) is 33.3 Å². The number of amides is 1. The number of pyridine rings is 1. The molecule has 142 valence electrons. The van der Waals surface area contributed by atoms with Gasteiger partial charge >= 0.3 is 0 Å². The van der Waals surface area contributed by atoms with Crippen LogP contribution in [0.3, 0.4) is 0 Å². The van der Waals surface area contributed by atoms with Gasteiger partial charge in [0.1, 0.15) is 5.82 Å². The van der Waals surface area contributed by atoms with Crippen molar-refractivity contribution >= 4 is 43.8 Å². The number of aromatic amines is 1. The summed E-state index contributed by atoms with van der Waals surface area (Å²) < 4.78 is 0.985. The maximum atomic E-state index is 12.8. The van der Waals surface area contributed by atoms with Crippen molar-refractivity contribution in [3.05, 3.63) is 58.7 Å². The Morgan fingerprint density at radius 1 is 1.21 bits per heavy atom. The Balaban J connectivity index is 1.77. The number of likely N-dealkylation sites (N-methyl/N-ethyl adjacent to an activating group) is 1. The summed E-state index contributed by atoms with van der Waals surface area (Å²) in [5, 5.41) is 3.88. The molecule has 0 spiro atoms. The zero-order valence-corrected chi connectivity index (χ0v) is 17.2. The summed E-state index contributed by atoms with van der Waals surface area (Å²) in [6.07, 6.45) is 1.71. The van der Waals surface area contributed by atoms with Crippen LogP contribution < -0.4 is 5.32 Å². The third-order valence-electron chi connectivity index (χ3n) is 4.51. The molecule has 0 bridgehead atoms. The lowest BCUT2D eigenvalue weighted by molar-refractivity contribution is 0.0952. The lowest BCUT2D eigenvalue weighted by Gasteiger charge is -2.12. The summed E-state index contributed by atoms with van der Waals surface area (Å²) in [7, 11) is 3.95. The Hall–Kier alpha value is -2.77. The fourth-order valence-electron chi connectivity index (χ4n) is 3.11. The number of H-pyrrole nitrogens is 1. The Labute approximate surface area is 171 Å². The number of hydrogen-bond donors (Lipinski definition) is 2. The van der Waals surface area contributed by atoms with Crippen LogP contribution in [-0.4, -0.2) is 52.9 Å². The molecule has 7 heteroatoms. The predicted molar refractivity (Wildman–Crippen MR) is 115 cm³/mol. The van der Waals surface area contributed by atoms with Crippen LogP contribution in [0.15, 0.2) is 53.1 Å². The van der Waals surface area contributed by atoms with Crippen LogP contribution in [-0.2, 0) is 0 Å². The normalized spacial score (nSPS) is 11.4. The molecule has 0 saturated carbocycles. The Morgan fingerprint density at radius 2 is 2.07 bits per heavy atom. The molecule has 0 atom stereocenters. The number of hydrogen-bond acceptors (Lipinski definition) is 4. The third-order valence-corrected chi connectivity index (χ3v) is 5.00. The minimum absolute atomic E-state index is 0.133. The number of benzene rings is 2. The average molecular weight is 438 g/mol. The van der Waals surface area contributed by atoms with Gasteiger partial charge in [-0.3, -0.25) is 9.78 Å². The van der Waals surface area contributed by atoms with E-state index in [0.717, 1.165) is 38.8 Å². The predicted octanol–water partition coefficient (Wildman–Crippen LogP) is 3.83. The maximum absolute atomic E-state index is 12.8. The first-order valence-corrected chi connectivity index (χ1v) is 9.78. The number of halogens is 1. The standard InChI is InChI=1S/C21H20BrN5O/c1-27(2)9-8-24-21(28)16-11-14(10-13-4-3-7-23-19(13)16)20-25-17-6-5-15(22)12-18(17)26-20/h3-7,10-12H,8-9H2,1-2H3,(H,24,28)(H,25,26). The van der Waals surface area contributed by atoms with E-state index in [2.05, 4.69) is 36.2 Å². The lowest BCUT2D eigenvalue weighted by atomic mass is 10.0. The molecule has 2 heterocycles. The van der Waals surface area contributed by atoms with E-state index in [0.29, 0.717) is 17.6 Å². The van der Waals surface area contributed by atoms with E-state index in [1.54, 1.807) is 6.20 Å². The molecule has 0 unspecified atom stereocenters. The summed E-state index contributed by atoms with van der Waals surface area (Å²) in [6.45, 7) is 1.35. The number of rotatable bonds is 5. The monoisotopic (exact) mass is 437 g/mol. The highest BCUT2D eigenvalue weighted by Crippen LogP contribution is 2.27. The van der Waals surface area contributed by atoms with E-state index in [-0.39, 0.29) is 5.91 Å². The van der Waals surface area contributed by atoms with Crippen LogP contribution in [0.2, 0.25) is 0 Å². The number of imidazole rings is 1. The molecule has 28 heavy (non-hydrogen) atoms. The average Bonchev–Trinajstić information content (AvgIpc) is 3.10. The number of aromatic nitrogens is 3. The van der Waals surface area contributed by atoms with E-state index in [4.69, 9.17) is 0 Å². The van der Waals surface area contributed by atoms with Crippen molar-refractivity contribution < 1.29 is 4.79 Å². The van der Waals surface area contributed by atoms with Crippen molar-refractivity contribution in [3.8, 4) is 11.4 Å². The van der Waals surface area contributed by atoms with Gasteiger partial charge in [-0.1, -0.05) is 22.0 Å². The van der Waals surface area contributed by atoms with Crippen LogP contribution >= 0.6 is 15.9 Å². The Kier molecular flexibility index (Phi) is 5.11. The number of nitrogens with zero attached hydrogens (tertiary/aromatic N) is 3. The van der Waals surface area contributed by atoms with Gasteiger partial charge in [-0.05, 0) is 50.5 Å². The van der Waals surface area contributed by atoms with Gasteiger partial charge < -0.3 is 15.2 Å². The summed E-state index contributed by atoms with van der Waals surface area (Å²) in [6, 6.07) is 13.6. The first-order chi connectivity index (χ1) is 13.5. The molecule has 1 amide bonds. The SMILES string of the molecule is CN(C)CCNC(=O)c1cc(-c2nc3ccc(Br)cc3[nH]2)cc2cccnc12. The van der Waals surface area contributed by atoms with Gasteiger partial charge in [0.25, 0.3) is 5.91 Å². The number of carbonyl (C=O) groups is 1. The minimum atomic E-state index is -0.133. The second kappa shape index (κ2) is 7.69. The topological polar surface area (TPSA) is 73.9 Å². The van der Waals surface area contributed by atoms with Gasteiger partial charge in [-0.15, -0.1) is 0 Å². The molecular weight excluding hydrogens is 418 g/mol. The Morgan fingerprint density at radius 3 is 2.89 bits per heavy atom. The van der Waals surface area contributed by atoms with Crippen molar-refractivity contribution in [2.24, 2.45) is 0 Å². The van der Waals surface area contributed by atoms with E-state index in [1.807, 2.05) is 61.5 Å². The van der Waals surface area contributed by atoms with Crippen molar-refractivity contribution in [3.63, 3.8) is 0 Å². The summed E-state index contributed by atoms with van der Waals surface area (Å²) in [5.41, 5.74) is 3.90. The third kappa shape index (κ3) is 3.76. The van der Waals surface area contributed by atoms with E-state index < -0.39 is 0 Å². The quantitative estimate of drug-likeness (QED) is 0.497. The zero-order chi connectivity index (χ0) is 19.7. The van der Waals surface area contributed by atoms with E-state index in [9.17, 15) is 4.79 Å². The molecule has 0 radical (unpaired) electrons. The fraction of sp³-hybridized carbons (Fsp3) is 0.190. The van der Waals surface area contributed by atoms with Crippen LogP contribution in [0, 0.1) is 0 Å². The van der Waals surface area contributed by atoms with Crippen LogP contribution in [0.1, 0.15) is 10.4 Å². The molecule has 0 aliphatic heterocycles. The molecule has 0 aliphatic rings. The van der Waals surface area contributed by atoms with Gasteiger partial charge in [0.05, 0.1) is 22.1 Å². The highest BCUT2D eigenvalue weighted by Gasteiger charge is 2.15. The first-order valence-electron chi connectivity index (χ1n) is 8.98. The lowest BCUT2D eigenvalue weighted by Crippen LogP contribution is -2.31. The van der Waals surface area contributed by atoms with Gasteiger partial charge in [-0.25, -0.2) is 4.98 Å². The maximum Gasteiger partial charge on any atom is 0.253 e. The summed E-state index contributed by atoms with van der Waals surface area (Å²) in [4.78, 5) is 27.3. The molecule has 0 saturated heterocycles. The minimum Gasteiger partial charge on any atom is -0.351 e. The van der Waals surface area contributed by atoms with Crippen molar-refractivity contribution in [1.29, 1.82) is 0 Å². The molecular formula is C21H20BrN5O. The number of fused-ring (bicyclic) bond motifs is 2. The smallest absolute Gasteiger partial charge is 0.253 e. The highest BCUT2D eigenvalue weighted by molar-refractivity contribution is 9.10. The van der Waals surface area contributed by atoms with Gasteiger partial charge in [-0.2, -0.15) is 0 Å². The van der Waals surface area contributed by atoms with Crippen molar-refractivity contribution in [1.82, 2.24) is 25.2 Å². The number of carbonyl (C=O) groups excluding carboxylic acids is 1. The molecule has 4 aromatic rings. The van der Waals surface area contributed by atoms with Gasteiger partial charge in [0.15, 0.2) is 0 Å². The molecule has 0 fully saturated rings. The largest absolute Gasteiger partial charge is 0.351 e. The summed E-state index contributed by atoms with van der Waals surface area (Å²) in [5.74, 6) is 0.590. The molecule has 2 aromatic carbocycles. The summed E-state index contributed by atoms with van der Waals surface area (Å²) >= 11 is 3.48. The van der Waals surface area contributed by atoms with Gasteiger partial charge in [0.2, 0.25) is 0 Å². The zero-order valence-electron chi connectivity index (χ0n) is 15.7. The second-order valence-corrected chi connectivity index (χ2v) is 7.82. The van der Waals surface area contributed by atoms with Crippen LogP contribution in [0.4, 0.5) is 0 Å². The second-order valence-electron chi connectivity index (χ2n) is 6.90.